The quantitative estimate of drug-likeness (QED) is 0.685. The summed E-state index contributed by atoms with van der Waals surface area (Å²) < 4.78 is 13.0. The summed E-state index contributed by atoms with van der Waals surface area (Å²) >= 11 is 0. The number of hydrogen-bond acceptors (Lipinski definition) is 2. The van der Waals surface area contributed by atoms with Crippen LogP contribution in [-0.2, 0) is 4.79 Å². The maximum absolute atomic E-state index is 13.0. The summed E-state index contributed by atoms with van der Waals surface area (Å²) in [5.74, 6) is -0.548. The lowest BCUT2D eigenvalue weighted by molar-refractivity contribution is -0.107. The second-order valence-corrected chi connectivity index (χ2v) is 2.67. The van der Waals surface area contributed by atoms with Crippen LogP contribution in [0.4, 0.5) is 4.39 Å². The van der Waals surface area contributed by atoms with Gasteiger partial charge in [-0.2, -0.15) is 0 Å². The largest absolute Gasteiger partial charge is 0.303 e. The van der Waals surface area contributed by atoms with Gasteiger partial charge in [0.05, 0.1) is 5.56 Å². The molecule has 0 aliphatic rings. The Labute approximate surface area is 81.1 Å². The van der Waals surface area contributed by atoms with Crippen molar-refractivity contribution in [3.05, 3.63) is 41.2 Å². The van der Waals surface area contributed by atoms with Gasteiger partial charge in [0.25, 0.3) is 0 Å². The fraction of sp³-hybridized carbons (Fsp3) is 0.0909. The standard InChI is InChI=1S/C11H9FO2/c12-11-6-3-5-9(10(11)8-14)4-1-2-7-13/h1,3-8H,2H2. The molecule has 0 radical (unpaired) electrons. The van der Waals surface area contributed by atoms with Gasteiger partial charge in [-0.15, -0.1) is 0 Å². The number of aldehydes is 2. The van der Waals surface area contributed by atoms with E-state index in [9.17, 15) is 14.0 Å². The van der Waals surface area contributed by atoms with Crippen molar-refractivity contribution in [2.45, 2.75) is 6.42 Å². The second kappa shape index (κ2) is 5.07. The minimum absolute atomic E-state index is 0.0228. The van der Waals surface area contributed by atoms with Crippen LogP contribution in [-0.4, -0.2) is 12.6 Å². The molecule has 0 amide bonds. The molecule has 72 valence electrons. The Morgan fingerprint density at radius 3 is 2.71 bits per heavy atom. The molecule has 1 rings (SSSR count). The summed E-state index contributed by atoms with van der Waals surface area (Å²) in [6.45, 7) is 0. The van der Waals surface area contributed by atoms with Crippen LogP contribution in [0, 0.1) is 5.82 Å². The average Bonchev–Trinajstić information content (AvgIpc) is 2.18. The Hall–Kier alpha value is -1.77. The van der Waals surface area contributed by atoms with E-state index < -0.39 is 5.82 Å². The third-order valence-corrected chi connectivity index (χ3v) is 1.73. The molecule has 2 nitrogen and oxygen atoms in total. The molecule has 0 unspecified atom stereocenters. The molecule has 0 heterocycles. The number of carbonyl (C=O) groups excluding carboxylic acids is 2. The predicted octanol–water partition coefficient (Wildman–Crippen LogP) is 2.24. The van der Waals surface area contributed by atoms with E-state index in [4.69, 9.17) is 0 Å². The first-order valence-corrected chi connectivity index (χ1v) is 4.13. The van der Waals surface area contributed by atoms with Gasteiger partial charge in [0.2, 0.25) is 0 Å². The lowest BCUT2D eigenvalue weighted by Gasteiger charge is -1.98. The van der Waals surface area contributed by atoms with Crippen molar-refractivity contribution in [2.24, 2.45) is 0 Å². The number of hydrogen-bond donors (Lipinski definition) is 0. The van der Waals surface area contributed by atoms with Crippen molar-refractivity contribution in [1.29, 1.82) is 0 Å². The van der Waals surface area contributed by atoms with Crippen LogP contribution >= 0.6 is 0 Å². The fourth-order valence-electron chi connectivity index (χ4n) is 1.07. The highest BCUT2D eigenvalue weighted by Crippen LogP contribution is 2.12. The van der Waals surface area contributed by atoms with Crippen LogP contribution in [0.15, 0.2) is 24.3 Å². The molecular weight excluding hydrogens is 183 g/mol. The zero-order valence-electron chi connectivity index (χ0n) is 7.44. The predicted molar refractivity (Wildman–Crippen MR) is 51.5 cm³/mol. The van der Waals surface area contributed by atoms with Crippen LogP contribution < -0.4 is 0 Å². The molecule has 14 heavy (non-hydrogen) atoms. The molecule has 0 atom stereocenters. The fourth-order valence-corrected chi connectivity index (χ4v) is 1.07. The van der Waals surface area contributed by atoms with Crippen LogP contribution in [0.2, 0.25) is 0 Å². The smallest absolute Gasteiger partial charge is 0.153 e. The number of allylic oxidation sites excluding steroid dienone is 1. The van der Waals surface area contributed by atoms with E-state index in [2.05, 4.69) is 0 Å². The van der Waals surface area contributed by atoms with E-state index >= 15 is 0 Å². The van der Waals surface area contributed by atoms with Crippen molar-refractivity contribution >= 4 is 18.6 Å². The number of halogens is 1. The highest BCUT2D eigenvalue weighted by molar-refractivity contribution is 5.82. The van der Waals surface area contributed by atoms with Crippen molar-refractivity contribution in [3.8, 4) is 0 Å². The normalized spacial score (nSPS) is 10.4. The van der Waals surface area contributed by atoms with Gasteiger partial charge in [-0.25, -0.2) is 4.39 Å². The first-order valence-electron chi connectivity index (χ1n) is 4.13. The molecular formula is C11H9FO2. The van der Waals surface area contributed by atoms with E-state index in [1.807, 2.05) is 0 Å². The van der Waals surface area contributed by atoms with Gasteiger partial charge in [-0.1, -0.05) is 24.3 Å². The van der Waals surface area contributed by atoms with E-state index in [0.717, 1.165) is 6.29 Å². The van der Waals surface area contributed by atoms with E-state index in [-0.39, 0.29) is 12.0 Å². The number of benzene rings is 1. The molecule has 1 aromatic rings. The lowest BCUT2D eigenvalue weighted by Crippen LogP contribution is -1.91. The van der Waals surface area contributed by atoms with Crippen LogP contribution in [0.3, 0.4) is 0 Å². The molecule has 0 aliphatic heterocycles. The lowest BCUT2D eigenvalue weighted by atomic mass is 10.1. The molecule has 0 aromatic heterocycles. The molecule has 0 bridgehead atoms. The van der Waals surface area contributed by atoms with Crippen molar-refractivity contribution < 1.29 is 14.0 Å². The average molecular weight is 192 g/mol. The van der Waals surface area contributed by atoms with Gasteiger partial charge in [-0.3, -0.25) is 4.79 Å². The Morgan fingerprint density at radius 1 is 1.29 bits per heavy atom. The van der Waals surface area contributed by atoms with Crippen LogP contribution in [0.1, 0.15) is 22.3 Å². The molecule has 3 heteroatoms. The van der Waals surface area contributed by atoms with Gasteiger partial charge in [0, 0.05) is 6.42 Å². The Balaban J connectivity index is 3.01. The van der Waals surface area contributed by atoms with Gasteiger partial charge in [-0.05, 0) is 11.6 Å². The monoisotopic (exact) mass is 192 g/mol. The van der Waals surface area contributed by atoms with Gasteiger partial charge < -0.3 is 4.79 Å². The van der Waals surface area contributed by atoms with Crippen LogP contribution in [0.25, 0.3) is 6.08 Å². The van der Waals surface area contributed by atoms with Gasteiger partial charge in [0.1, 0.15) is 12.1 Å². The first-order chi connectivity index (χ1) is 6.79. The molecule has 0 saturated heterocycles. The Bertz CT molecular complexity index is 370. The SMILES string of the molecule is O=CCC=Cc1cccc(F)c1C=O. The molecule has 0 N–H and O–H groups in total. The van der Waals surface area contributed by atoms with Crippen LogP contribution in [0.5, 0.6) is 0 Å². The van der Waals surface area contributed by atoms with Gasteiger partial charge in [0.15, 0.2) is 6.29 Å². The maximum atomic E-state index is 13.0. The van der Waals surface area contributed by atoms with Crippen molar-refractivity contribution in [3.63, 3.8) is 0 Å². The van der Waals surface area contributed by atoms with E-state index in [1.54, 1.807) is 18.2 Å². The molecule has 1 aromatic carbocycles. The minimum atomic E-state index is -0.548. The Morgan fingerprint density at radius 2 is 2.07 bits per heavy atom. The molecule has 0 spiro atoms. The highest BCUT2D eigenvalue weighted by atomic mass is 19.1. The summed E-state index contributed by atoms with van der Waals surface area (Å²) in [5.41, 5.74) is 0.511. The van der Waals surface area contributed by atoms with Gasteiger partial charge >= 0.3 is 0 Å². The summed E-state index contributed by atoms with van der Waals surface area (Å²) in [7, 11) is 0. The van der Waals surface area contributed by atoms with E-state index in [1.165, 1.54) is 12.1 Å². The third-order valence-electron chi connectivity index (χ3n) is 1.73. The van der Waals surface area contributed by atoms with Crippen molar-refractivity contribution in [2.75, 3.05) is 0 Å². The zero-order valence-corrected chi connectivity index (χ0v) is 7.44. The number of carbonyl (C=O) groups is 2. The summed E-state index contributed by atoms with van der Waals surface area (Å²) in [6.07, 6.45) is 4.59. The topological polar surface area (TPSA) is 34.1 Å². The maximum Gasteiger partial charge on any atom is 0.153 e. The minimum Gasteiger partial charge on any atom is -0.303 e. The second-order valence-electron chi connectivity index (χ2n) is 2.67. The molecule has 0 fully saturated rings. The van der Waals surface area contributed by atoms with E-state index in [0.29, 0.717) is 11.8 Å². The summed E-state index contributed by atoms with van der Waals surface area (Å²) in [6, 6.07) is 4.36. The zero-order chi connectivity index (χ0) is 10.4. The Kier molecular flexibility index (Phi) is 3.73. The highest BCUT2D eigenvalue weighted by Gasteiger charge is 2.03. The molecule has 0 aliphatic carbocycles. The molecule has 0 saturated carbocycles. The van der Waals surface area contributed by atoms with Crippen molar-refractivity contribution in [1.82, 2.24) is 0 Å². The third kappa shape index (κ3) is 2.36. The first kappa shape index (κ1) is 10.3. The summed E-state index contributed by atoms with van der Waals surface area (Å²) in [5, 5.41) is 0. The summed E-state index contributed by atoms with van der Waals surface area (Å²) in [4.78, 5) is 20.6. The number of rotatable bonds is 4.